The van der Waals surface area contributed by atoms with E-state index < -0.39 is 0 Å². The van der Waals surface area contributed by atoms with Crippen LogP contribution in [0.15, 0.2) is 42.7 Å². The third kappa shape index (κ3) is 13.8. The zero-order chi connectivity index (χ0) is 26.7. The standard InChI is InChI=1S/C32H51N2O3.HI/c1-5-6-7-8-9-10-11-12-13-14-15-16-17-18-24-37-31-22-21-30(25-32(31)36-4)34(28(2)35)27-29-20-19-23-33(3)26-29;/h19-23,25-26H,5-18,24,27H2,1-4H3;1H/q+1;/p-1. The van der Waals surface area contributed by atoms with Crippen LogP contribution in [0.4, 0.5) is 5.69 Å². The molecule has 6 heteroatoms. The SMILES string of the molecule is CCCCCCCCCCCCCCCCOc1ccc(N(Cc2ccc[n+](C)c2)C(C)=O)cc1OC.[I-]. The Kier molecular flexibility index (Phi) is 18.9. The number of rotatable bonds is 20. The molecule has 2 aromatic rings. The highest BCUT2D eigenvalue weighted by atomic mass is 127. The van der Waals surface area contributed by atoms with Crippen LogP contribution in [0.25, 0.3) is 0 Å². The van der Waals surface area contributed by atoms with Crippen molar-refractivity contribution in [3.63, 3.8) is 0 Å². The Bertz CT molecular complexity index is 906. The summed E-state index contributed by atoms with van der Waals surface area (Å²) in [7, 11) is 3.63. The molecule has 1 aromatic carbocycles. The van der Waals surface area contributed by atoms with Crippen LogP contribution in [0.1, 0.15) is 109 Å². The maximum Gasteiger partial charge on any atom is 0.224 e. The number of anilines is 1. The van der Waals surface area contributed by atoms with E-state index >= 15 is 0 Å². The number of benzene rings is 1. The molecule has 5 nitrogen and oxygen atoms in total. The molecule has 1 aromatic heterocycles. The fourth-order valence-corrected chi connectivity index (χ4v) is 4.73. The van der Waals surface area contributed by atoms with Crippen molar-refractivity contribution in [2.45, 2.75) is 110 Å². The molecule has 38 heavy (non-hydrogen) atoms. The Hall–Kier alpha value is -1.83. The van der Waals surface area contributed by atoms with Crippen LogP contribution < -0.4 is 42.9 Å². The van der Waals surface area contributed by atoms with Crippen molar-refractivity contribution in [3.8, 4) is 11.5 Å². The van der Waals surface area contributed by atoms with Gasteiger partial charge in [0.1, 0.15) is 7.05 Å². The molecule has 0 fully saturated rings. The molecule has 0 aliphatic carbocycles. The van der Waals surface area contributed by atoms with Gasteiger partial charge in [-0.15, -0.1) is 0 Å². The van der Waals surface area contributed by atoms with Gasteiger partial charge >= 0.3 is 0 Å². The van der Waals surface area contributed by atoms with Crippen molar-refractivity contribution in [2.24, 2.45) is 7.05 Å². The summed E-state index contributed by atoms with van der Waals surface area (Å²) >= 11 is 0. The Morgan fingerprint density at radius 2 is 1.42 bits per heavy atom. The number of hydrogen-bond acceptors (Lipinski definition) is 3. The molecular weight excluding hydrogens is 587 g/mol. The number of amides is 1. The molecule has 0 atom stereocenters. The molecule has 2 rings (SSSR count). The normalized spacial score (nSPS) is 10.6. The summed E-state index contributed by atoms with van der Waals surface area (Å²) in [6.07, 6.45) is 22.9. The van der Waals surface area contributed by atoms with E-state index in [9.17, 15) is 4.79 Å². The molecule has 0 saturated heterocycles. The number of halogens is 1. The molecule has 0 saturated carbocycles. The van der Waals surface area contributed by atoms with Crippen LogP contribution in [-0.2, 0) is 18.4 Å². The molecule has 0 spiro atoms. The summed E-state index contributed by atoms with van der Waals surface area (Å²) in [6.45, 7) is 5.06. The summed E-state index contributed by atoms with van der Waals surface area (Å²) in [4.78, 5) is 14.2. The van der Waals surface area contributed by atoms with E-state index in [4.69, 9.17) is 9.47 Å². The summed E-state index contributed by atoms with van der Waals surface area (Å²) in [6, 6.07) is 9.76. The van der Waals surface area contributed by atoms with Crippen LogP contribution in [0.2, 0.25) is 0 Å². The molecule has 0 radical (unpaired) electrons. The third-order valence-electron chi connectivity index (χ3n) is 6.94. The fourth-order valence-electron chi connectivity index (χ4n) is 4.73. The van der Waals surface area contributed by atoms with Gasteiger partial charge in [-0.05, 0) is 24.6 Å². The summed E-state index contributed by atoms with van der Waals surface area (Å²) in [5.74, 6) is 1.38. The smallest absolute Gasteiger partial charge is 0.224 e. The number of aromatic nitrogens is 1. The number of methoxy groups -OCH3 is 1. The average molecular weight is 639 g/mol. The zero-order valence-electron chi connectivity index (χ0n) is 24.4. The molecule has 0 bridgehead atoms. The van der Waals surface area contributed by atoms with Crippen LogP contribution in [-0.4, -0.2) is 19.6 Å². The Labute approximate surface area is 249 Å². The lowest BCUT2D eigenvalue weighted by atomic mass is 10.0. The first-order valence-corrected chi connectivity index (χ1v) is 14.6. The van der Waals surface area contributed by atoms with E-state index in [1.807, 2.05) is 54.3 Å². The molecule has 1 heterocycles. The zero-order valence-corrected chi connectivity index (χ0v) is 26.5. The van der Waals surface area contributed by atoms with Gasteiger partial charge in [0.25, 0.3) is 0 Å². The number of unbranched alkanes of at least 4 members (excludes halogenated alkanes) is 13. The second-order valence-electron chi connectivity index (χ2n) is 10.3. The highest BCUT2D eigenvalue weighted by Gasteiger charge is 2.16. The summed E-state index contributed by atoms with van der Waals surface area (Å²) < 4.78 is 13.6. The molecule has 214 valence electrons. The lowest BCUT2D eigenvalue weighted by Gasteiger charge is -2.22. The van der Waals surface area contributed by atoms with E-state index in [0.29, 0.717) is 18.9 Å². The molecule has 1 amide bonds. The molecule has 0 N–H and O–H groups in total. The van der Waals surface area contributed by atoms with Gasteiger partial charge in [0.05, 0.1) is 20.3 Å². The average Bonchev–Trinajstić information content (AvgIpc) is 2.89. The van der Waals surface area contributed by atoms with Gasteiger partial charge in [-0.1, -0.05) is 90.4 Å². The lowest BCUT2D eigenvalue weighted by molar-refractivity contribution is -0.671. The van der Waals surface area contributed by atoms with E-state index in [-0.39, 0.29) is 29.9 Å². The van der Waals surface area contributed by atoms with Crippen molar-refractivity contribution < 1.29 is 42.8 Å². The number of hydrogen-bond donors (Lipinski definition) is 0. The number of carbonyl (C=O) groups is 1. The van der Waals surface area contributed by atoms with Gasteiger partial charge in [0.2, 0.25) is 5.91 Å². The van der Waals surface area contributed by atoms with Gasteiger partial charge in [0, 0.05) is 30.3 Å². The first-order chi connectivity index (χ1) is 18.0. The van der Waals surface area contributed by atoms with Crippen LogP contribution in [0, 0.1) is 0 Å². The monoisotopic (exact) mass is 638 g/mol. The predicted octanol–water partition coefficient (Wildman–Crippen LogP) is 4.94. The highest BCUT2D eigenvalue weighted by molar-refractivity contribution is 5.91. The molecular formula is C32H51IN2O3. The Morgan fingerprint density at radius 3 is 1.95 bits per heavy atom. The summed E-state index contributed by atoms with van der Waals surface area (Å²) in [5, 5.41) is 0. The van der Waals surface area contributed by atoms with Crippen molar-refractivity contribution in [3.05, 3.63) is 48.3 Å². The van der Waals surface area contributed by atoms with Crippen LogP contribution >= 0.6 is 0 Å². The summed E-state index contributed by atoms with van der Waals surface area (Å²) in [5.41, 5.74) is 1.87. The molecule has 0 unspecified atom stereocenters. The van der Waals surface area contributed by atoms with Crippen LogP contribution in [0.5, 0.6) is 11.5 Å². The maximum atomic E-state index is 12.4. The quantitative estimate of drug-likeness (QED) is 0.117. The van der Waals surface area contributed by atoms with E-state index in [2.05, 4.69) is 6.92 Å². The largest absolute Gasteiger partial charge is 1.00 e. The van der Waals surface area contributed by atoms with E-state index in [1.54, 1.807) is 18.9 Å². The second kappa shape index (κ2) is 21.0. The fraction of sp³-hybridized carbons (Fsp3) is 0.625. The van der Waals surface area contributed by atoms with Crippen molar-refractivity contribution in [2.75, 3.05) is 18.6 Å². The first-order valence-electron chi connectivity index (χ1n) is 14.6. The van der Waals surface area contributed by atoms with Crippen molar-refractivity contribution in [1.29, 1.82) is 0 Å². The molecule has 0 aliphatic rings. The van der Waals surface area contributed by atoms with Crippen molar-refractivity contribution in [1.82, 2.24) is 0 Å². The maximum absolute atomic E-state index is 12.4. The minimum absolute atomic E-state index is 0. The predicted molar refractivity (Wildman–Crippen MR) is 153 cm³/mol. The van der Waals surface area contributed by atoms with Gasteiger partial charge in [0.15, 0.2) is 23.9 Å². The number of carbonyl (C=O) groups excluding carboxylic acids is 1. The Balaban J connectivity index is 0.00000722. The first kappa shape index (κ1) is 34.2. The number of ether oxygens (including phenoxy) is 2. The number of aryl methyl sites for hydroxylation is 1. The third-order valence-corrected chi connectivity index (χ3v) is 6.94. The van der Waals surface area contributed by atoms with Gasteiger partial charge in [-0.25, -0.2) is 4.57 Å². The second-order valence-corrected chi connectivity index (χ2v) is 10.3. The number of pyridine rings is 1. The molecule has 0 aliphatic heterocycles. The minimum atomic E-state index is -0.00960. The van der Waals surface area contributed by atoms with E-state index in [1.165, 1.54) is 83.5 Å². The van der Waals surface area contributed by atoms with E-state index in [0.717, 1.165) is 23.4 Å². The highest BCUT2D eigenvalue weighted by Crippen LogP contribution is 2.32. The van der Waals surface area contributed by atoms with Gasteiger partial charge in [-0.2, -0.15) is 0 Å². The lowest BCUT2D eigenvalue weighted by Crippen LogP contribution is -3.00. The Morgan fingerprint density at radius 1 is 0.842 bits per heavy atom. The van der Waals surface area contributed by atoms with Gasteiger partial charge < -0.3 is 38.4 Å². The van der Waals surface area contributed by atoms with Gasteiger partial charge in [-0.3, -0.25) is 4.79 Å². The van der Waals surface area contributed by atoms with Crippen molar-refractivity contribution >= 4 is 11.6 Å². The van der Waals surface area contributed by atoms with Crippen LogP contribution in [0.3, 0.4) is 0 Å². The minimum Gasteiger partial charge on any atom is -1.00 e. The number of nitrogens with zero attached hydrogens (tertiary/aromatic N) is 2. The topological polar surface area (TPSA) is 42.7 Å².